The standard InChI is InChI=1S/C23H22FN3O3S/c1-14-18(5-7-20(22(14)24)31(2)29)23(28)27-9-10-30-19-6-3-15(11-17(19)13-27)16-4-8-21(25)26-12-16/h3-8,11-12H,9-10,13H2,1-2H3,(H2,25,26). The molecule has 0 radical (unpaired) electrons. The van der Waals surface area contributed by atoms with E-state index < -0.39 is 16.6 Å². The summed E-state index contributed by atoms with van der Waals surface area (Å²) in [4.78, 5) is 19.1. The number of hydrogen-bond acceptors (Lipinski definition) is 5. The molecule has 0 bridgehead atoms. The van der Waals surface area contributed by atoms with E-state index in [4.69, 9.17) is 10.5 Å². The van der Waals surface area contributed by atoms with Crippen LogP contribution in [0.5, 0.6) is 5.75 Å². The van der Waals surface area contributed by atoms with Crippen molar-refractivity contribution in [2.24, 2.45) is 0 Å². The van der Waals surface area contributed by atoms with Gasteiger partial charge in [-0.25, -0.2) is 9.37 Å². The van der Waals surface area contributed by atoms with Crippen molar-refractivity contribution < 1.29 is 18.1 Å². The van der Waals surface area contributed by atoms with Crippen LogP contribution in [0.25, 0.3) is 11.1 Å². The average Bonchev–Trinajstić information content (AvgIpc) is 2.97. The third-order valence-electron chi connectivity index (χ3n) is 5.34. The molecule has 1 aliphatic rings. The lowest BCUT2D eigenvalue weighted by Crippen LogP contribution is -2.33. The number of amides is 1. The molecule has 8 heteroatoms. The maximum Gasteiger partial charge on any atom is 0.254 e. The van der Waals surface area contributed by atoms with E-state index in [1.54, 1.807) is 23.2 Å². The number of benzene rings is 2. The van der Waals surface area contributed by atoms with Gasteiger partial charge in [-0.15, -0.1) is 0 Å². The zero-order valence-electron chi connectivity index (χ0n) is 17.2. The molecule has 160 valence electrons. The fourth-order valence-corrected chi connectivity index (χ4v) is 4.27. The lowest BCUT2D eigenvalue weighted by Gasteiger charge is -2.21. The van der Waals surface area contributed by atoms with Gasteiger partial charge in [0.1, 0.15) is 24.0 Å². The number of carbonyl (C=O) groups excluding carboxylic acids is 1. The van der Waals surface area contributed by atoms with E-state index >= 15 is 0 Å². The zero-order valence-corrected chi connectivity index (χ0v) is 18.0. The van der Waals surface area contributed by atoms with Gasteiger partial charge in [0.15, 0.2) is 0 Å². The Hall–Kier alpha value is -3.26. The number of halogens is 1. The molecule has 3 aromatic rings. The second-order valence-corrected chi connectivity index (χ2v) is 8.72. The minimum atomic E-state index is -1.46. The monoisotopic (exact) mass is 439 g/mol. The number of nitrogen functional groups attached to an aromatic ring is 1. The number of nitrogens with zero attached hydrogens (tertiary/aromatic N) is 2. The molecule has 4 rings (SSSR count). The van der Waals surface area contributed by atoms with Crippen LogP contribution < -0.4 is 10.5 Å². The lowest BCUT2D eigenvalue weighted by atomic mass is 10.0. The van der Waals surface area contributed by atoms with Crippen LogP contribution in [0.4, 0.5) is 10.2 Å². The normalized spacial score (nSPS) is 14.4. The van der Waals surface area contributed by atoms with Crippen molar-refractivity contribution in [3.8, 4) is 16.9 Å². The van der Waals surface area contributed by atoms with Crippen LogP contribution in [-0.2, 0) is 17.3 Å². The first-order valence-corrected chi connectivity index (χ1v) is 11.3. The predicted molar refractivity (Wildman–Crippen MR) is 118 cm³/mol. The number of anilines is 1. The molecule has 6 nitrogen and oxygen atoms in total. The fraction of sp³-hybridized carbons (Fsp3) is 0.217. The van der Waals surface area contributed by atoms with E-state index in [1.165, 1.54) is 19.2 Å². The molecule has 1 aliphatic heterocycles. The van der Waals surface area contributed by atoms with Gasteiger partial charge in [-0.05, 0) is 54.4 Å². The van der Waals surface area contributed by atoms with Crippen LogP contribution in [0, 0.1) is 12.7 Å². The molecule has 1 atom stereocenters. The molecule has 2 N–H and O–H groups in total. The van der Waals surface area contributed by atoms with Crippen LogP contribution in [-0.4, -0.2) is 39.4 Å². The highest BCUT2D eigenvalue weighted by Crippen LogP contribution is 2.30. The molecule has 31 heavy (non-hydrogen) atoms. The summed E-state index contributed by atoms with van der Waals surface area (Å²) in [6.07, 6.45) is 3.11. The number of hydrogen-bond donors (Lipinski definition) is 1. The van der Waals surface area contributed by atoms with Crippen LogP contribution in [0.1, 0.15) is 21.5 Å². The van der Waals surface area contributed by atoms with Gasteiger partial charge >= 0.3 is 0 Å². The molecule has 0 saturated heterocycles. The number of fused-ring (bicyclic) bond motifs is 1. The zero-order chi connectivity index (χ0) is 22.1. The highest BCUT2D eigenvalue weighted by molar-refractivity contribution is 7.84. The van der Waals surface area contributed by atoms with E-state index in [-0.39, 0.29) is 21.9 Å². The van der Waals surface area contributed by atoms with Crippen molar-refractivity contribution >= 4 is 22.5 Å². The minimum absolute atomic E-state index is 0.0975. The van der Waals surface area contributed by atoms with Crippen molar-refractivity contribution in [1.82, 2.24) is 9.88 Å². The summed E-state index contributed by atoms with van der Waals surface area (Å²) in [7, 11) is -1.46. The molecular formula is C23H22FN3O3S. The molecule has 1 aromatic heterocycles. The van der Waals surface area contributed by atoms with Crippen LogP contribution in [0.2, 0.25) is 0 Å². The van der Waals surface area contributed by atoms with Crippen molar-refractivity contribution in [1.29, 1.82) is 0 Å². The first kappa shape index (κ1) is 21.0. The van der Waals surface area contributed by atoms with E-state index in [2.05, 4.69) is 4.98 Å². The second kappa shape index (κ2) is 8.47. The van der Waals surface area contributed by atoms with E-state index in [0.717, 1.165) is 16.7 Å². The van der Waals surface area contributed by atoms with Crippen LogP contribution in [0.15, 0.2) is 53.6 Å². The molecule has 0 saturated carbocycles. The largest absolute Gasteiger partial charge is 0.491 e. The van der Waals surface area contributed by atoms with Crippen molar-refractivity contribution in [3.63, 3.8) is 0 Å². The SMILES string of the molecule is Cc1c(C(=O)N2CCOc3ccc(-c4ccc(N)nc4)cc3C2)ccc(S(C)=O)c1F. The van der Waals surface area contributed by atoms with Gasteiger partial charge in [0.2, 0.25) is 0 Å². The third kappa shape index (κ3) is 4.16. The Kier molecular flexibility index (Phi) is 5.73. The molecule has 0 spiro atoms. The Bertz CT molecular complexity index is 1180. The quantitative estimate of drug-likeness (QED) is 0.675. The maximum atomic E-state index is 14.6. The summed E-state index contributed by atoms with van der Waals surface area (Å²) in [5.41, 5.74) is 8.82. The van der Waals surface area contributed by atoms with Crippen molar-refractivity contribution in [2.75, 3.05) is 25.1 Å². The highest BCUT2D eigenvalue weighted by Gasteiger charge is 2.25. The number of rotatable bonds is 3. The van der Waals surface area contributed by atoms with Gasteiger partial charge in [0.05, 0.1) is 22.2 Å². The summed E-state index contributed by atoms with van der Waals surface area (Å²) >= 11 is 0. The smallest absolute Gasteiger partial charge is 0.254 e. The Labute approximate surface area is 182 Å². The minimum Gasteiger partial charge on any atom is -0.491 e. The van der Waals surface area contributed by atoms with E-state index in [0.29, 0.717) is 31.3 Å². The number of pyridine rings is 1. The third-order valence-corrected chi connectivity index (χ3v) is 6.27. The molecule has 2 aromatic carbocycles. The van der Waals surface area contributed by atoms with Gasteiger partial charge in [-0.2, -0.15) is 0 Å². The fourth-order valence-electron chi connectivity index (χ4n) is 3.61. The van der Waals surface area contributed by atoms with Gasteiger partial charge in [-0.1, -0.05) is 6.07 Å². The summed E-state index contributed by atoms with van der Waals surface area (Å²) in [5, 5.41) is 0. The number of ether oxygens (including phenoxy) is 1. The first-order valence-electron chi connectivity index (χ1n) is 9.74. The second-order valence-electron chi connectivity index (χ2n) is 7.37. The lowest BCUT2D eigenvalue weighted by molar-refractivity contribution is 0.0731. The van der Waals surface area contributed by atoms with Crippen molar-refractivity contribution in [2.45, 2.75) is 18.4 Å². The van der Waals surface area contributed by atoms with Gasteiger partial charge in [0.25, 0.3) is 5.91 Å². The van der Waals surface area contributed by atoms with E-state index in [9.17, 15) is 13.4 Å². The molecule has 1 unspecified atom stereocenters. The van der Waals surface area contributed by atoms with Crippen molar-refractivity contribution in [3.05, 3.63) is 71.2 Å². The molecule has 1 amide bonds. The summed E-state index contributed by atoms with van der Waals surface area (Å²) < 4.78 is 32.2. The van der Waals surface area contributed by atoms with Gasteiger partial charge in [0, 0.05) is 35.7 Å². The highest BCUT2D eigenvalue weighted by atomic mass is 32.2. The maximum absolute atomic E-state index is 14.6. The average molecular weight is 440 g/mol. The molecule has 2 heterocycles. The molecule has 0 fully saturated rings. The summed E-state index contributed by atoms with van der Waals surface area (Å²) in [6.45, 7) is 2.56. The number of aromatic nitrogens is 1. The van der Waals surface area contributed by atoms with Gasteiger partial charge < -0.3 is 15.4 Å². The van der Waals surface area contributed by atoms with Crippen LogP contribution >= 0.6 is 0 Å². The summed E-state index contributed by atoms with van der Waals surface area (Å²) in [5.74, 6) is 0.262. The number of nitrogens with two attached hydrogens (primary N) is 1. The van der Waals surface area contributed by atoms with Crippen LogP contribution in [0.3, 0.4) is 0 Å². The number of carbonyl (C=O) groups is 1. The topological polar surface area (TPSA) is 85.5 Å². The summed E-state index contributed by atoms with van der Waals surface area (Å²) in [6, 6.07) is 12.4. The molecule has 0 aliphatic carbocycles. The Morgan fingerprint density at radius 3 is 2.68 bits per heavy atom. The Morgan fingerprint density at radius 1 is 1.19 bits per heavy atom. The predicted octanol–water partition coefficient (Wildman–Crippen LogP) is 3.55. The van der Waals surface area contributed by atoms with Gasteiger partial charge in [-0.3, -0.25) is 9.00 Å². The first-order chi connectivity index (χ1) is 14.8. The van der Waals surface area contributed by atoms with E-state index in [1.807, 2.05) is 24.3 Å². The Morgan fingerprint density at radius 2 is 1.97 bits per heavy atom. The Balaban J connectivity index is 1.65. The molecular weight excluding hydrogens is 417 g/mol.